The lowest BCUT2D eigenvalue weighted by molar-refractivity contribution is -0.114. The van der Waals surface area contributed by atoms with E-state index in [1.807, 2.05) is 32.9 Å². The van der Waals surface area contributed by atoms with Crippen molar-refractivity contribution in [1.82, 2.24) is 5.32 Å². The molecule has 0 aromatic heterocycles. The van der Waals surface area contributed by atoms with E-state index in [1.54, 1.807) is 30.3 Å². The number of hydrogen-bond acceptors (Lipinski definition) is 3. The van der Waals surface area contributed by atoms with Crippen LogP contribution in [0.15, 0.2) is 42.5 Å². The molecule has 0 aliphatic carbocycles. The number of carbonyl (C=O) groups excluding carboxylic acids is 2. The molecule has 0 radical (unpaired) electrons. The molecule has 26 heavy (non-hydrogen) atoms. The summed E-state index contributed by atoms with van der Waals surface area (Å²) in [5, 5.41) is 9.37. The first-order valence-corrected chi connectivity index (χ1v) is 8.97. The summed E-state index contributed by atoms with van der Waals surface area (Å²) in [6.45, 7) is 5.98. The van der Waals surface area contributed by atoms with Crippen molar-refractivity contribution in [3.63, 3.8) is 0 Å². The first kappa shape index (κ1) is 19.8. The van der Waals surface area contributed by atoms with Gasteiger partial charge in [0.2, 0.25) is 5.91 Å². The molecule has 0 spiro atoms. The van der Waals surface area contributed by atoms with Crippen LogP contribution in [0.4, 0.5) is 11.4 Å². The molecule has 1 atom stereocenters. The Hall–Kier alpha value is -2.53. The highest BCUT2D eigenvalue weighted by molar-refractivity contribution is 6.31. The second kappa shape index (κ2) is 9.25. The van der Waals surface area contributed by atoms with Crippen molar-refractivity contribution in [2.45, 2.75) is 33.2 Å². The van der Waals surface area contributed by atoms with Gasteiger partial charge in [-0.25, -0.2) is 0 Å². The molecule has 0 aliphatic heterocycles. The third-order valence-electron chi connectivity index (χ3n) is 4.02. The highest BCUT2D eigenvalue weighted by atomic mass is 35.5. The zero-order valence-corrected chi connectivity index (χ0v) is 16.0. The van der Waals surface area contributed by atoms with Crippen molar-refractivity contribution < 1.29 is 9.59 Å². The van der Waals surface area contributed by atoms with E-state index in [2.05, 4.69) is 16.0 Å². The number of halogens is 1. The van der Waals surface area contributed by atoms with Crippen LogP contribution < -0.4 is 16.0 Å². The van der Waals surface area contributed by atoms with Crippen molar-refractivity contribution in [3.8, 4) is 0 Å². The molecule has 2 aromatic rings. The van der Waals surface area contributed by atoms with Gasteiger partial charge in [-0.05, 0) is 56.2 Å². The van der Waals surface area contributed by atoms with Gasteiger partial charge in [0.15, 0.2) is 0 Å². The van der Waals surface area contributed by atoms with E-state index in [-0.39, 0.29) is 24.4 Å². The topological polar surface area (TPSA) is 70.2 Å². The number of carbonyl (C=O) groups is 2. The fraction of sp³-hybridized carbons (Fsp3) is 0.300. The fourth-order valence-electron chi connectivity index (χ4n) is 2.24. The molecular weight excluding hydrogens is 350 g/mol. The van der Waals surface area contributed by atoms with Gasteiger partial charge in [-0.1, -0.05) is 30.7 Å². The summed E-state index contributed by atoms with van der Waals surface area (Å²) < 4.78 is 0. The first-order valence-electron chi connectivity index (χ1n) is 8.60. The number of aryl methyl sites for hydroxylation is 1. The van der Waals surface area contributed by atoms with Crippen LogP contribution >= 0.6 is 11.6 Å². The number of benzene rings is 2. The Balaban J connectivity index is 1.93. The molecule has 2 rings (SSSR count). The summed E-state index contributed by atoms with van der Waals surface area (Å²) in [7, 11) is 0. The second-order valence-corrected chi connectivity index (χ2v) is 6.64. The first-order chi connectivity index (χ1) is 12.4. The van der Waals surface area contributed by atoms with Gasteiger partial charge in [0.25, 0.3) is 5.91 Å². The average Bonchev–Trinajstić information content (AvgIpc) is 2.62. The van der Waals surface area contributed by atoms with E-state index >= 15 is 0 Å². The molecule has 3 N–H and O–H groups in total. The molecule has 2 amide bonds. The Bertz CT molecular complexity index is 792. The number of anilines is 2. The molecule has 0 heterocycles. The molecule has 1 unspecified atom stereocenters. The maximum Gasteiger partial charge on any atom is 0.251 e. The van der Waals surface area contributed by atoms with Crippen molar-refractivity contribution in [2.24, 2.45) is 0 Å². The molecule has 0 fully saturated rings. The third kappa shape index (κ3) is 5.77. The van der Waals surface area contributed by atoms with Crippen LogP contribution in [0.5, 0.6) is 0 Å². The van der Waals surface area contributed by atoms with Crippen molar-refractivity contribution >= 4 is 34.8 Å². The number of nitrogens with one attached hydrogen (secondary N) is 3. The molecule has 5 nitrogen and oxygen atoms in total. The summed E-state index contributed by atoms with van der Waals surface area (Å²) >= 11 is 6.07. The van der Waals surface area contributed by atoms with Gasteiger partial charge < -0.3 is 16.0 Å². The molecule has 0 saturated carbocycles. The molecule has 138 valence electrons. The SMILES string of the molecule is CCC(C)NC(=O)c1cccc(NC(=O)CNc2ccc(C)c(Cl)c2)c1. The van der Waals surface area contributed by atoms with Crippen molar-refractivity contribution in [1.29, 1.82) is 0 Å². The largest absolute Gasteiger partial charge is 0.376 e. The fourth-order valence-corrected chi connectivity index (χ4v) is 2.42. The Kier molecular flexibility index (Phi) is 7.04. The Morgan fingerprint density at radius 3 is 2.58 bits per heavy atom. The lowest BCUT2D eigenvalue weighted by Crippen LogP contribution is -2.32. The minimum absolute atomic E-state index is 0.0999. The number of rotatable bonds is 7. The van der Waals surface area contributed by atoms with E-state index in [0.717, 1.165) is 17.7 Å². The quantitative estimate of drug-likeness (QED) is 0.680. The van der Waals surface area contributed by atoms with Crippen LogP contribution in [-0.2, 0) is 4.79 Å². The molecule has 2 aromatic carbocycles. The summed E-state index contributed by atoms with van der Waals surface area (Å²) in [5.74, 6) is -0.357. The maximum atomic E-state index is 12.2. The van der Waals surface area contributed by atoms with E-state index in [1.165, 1.54) is 0 Å². The Morgan fingerprint density at radius 2 is 1.88 bits per heavy atom. The van der Waals surface area contributed by atoms with Gasteiger partial charge in [-0.2, -0.15) is 0 Å². The molecule has 6 heteroatoms. The van der Waals surface area contributed by atoms with Crippen LogP contribution in [0.25, 0.3) is 0 Å². The Labute approximate surface area is 159 Å². The lowest BCUT2D eigenvalue weighted by Gasteiger charge is -2.12. The van der Waals surface area contributed by atoms with Crippen molar-refractivity contribution in [3.05, 3.63) is 58.6 Å². The van der Waals surface area contributed by atoms with Crippen LogP contribution in [0.3, 0.4) is 0 Å². The zero-order chi connectivity index (χ0) is 19.1. The van der Waals surface area contributed by atoms with E-state index < -0.39 is 0 Å². The predicted octanol–water partition coefficient (Wildman–Crippen LogP) is 4.23. The monoisotopic (exact) mass is 373 g/mol. The van der Waals surface area contributed by atoms with Gasteiger partial charge in [0.05, 0.1) is 6.54 Å². The molecule has 0 bridgehead atoms. The average molecular weight is 374 g/mol. The standard InChI is InChI=1S/C20H24ClN3O2/c1-4-14(3)23-20(26)15-6-5-7-17(10-15)24-19(25)12-22-16-9-8-13(2)18(21)11-16/h5-11,14,22H,4,12H2,1-3H3,(H,23,26)(H,24,25). The van der Waals surface area contributed by atoms with Gasteiger partial charge >= 0.3 is 0 Å². The zero-order valence-electron chi connectivity index (χ0n) is 15.2. The predicted molar refractivity (Wildman–Crippen MR) is 107 cm³/mol. The normalized spacial score (nSPS) is 11.5. The minimum Gasteiger partial charge on any atom is -0.376 e. The van der Waals surface area contributed by atoms with Gasteiger partial charge in [0.1, 0.15) is 0 Å². The number of hydrogen-bond donors (Lipinski definition) is 3. The van der Waals surface area contributed by atoms with Crippen LogP contribution in [0.2, 0.25) is 5.02 Å². The molecular formula is C20H24ClN3O2. The highest BCUT2D eigenvalue weighted by Crippen LogP contribution is 2.19. The summed E-state index contributed by atoms with van der Waals surface area (Å²) in [6, 6.07) is 12.5. The van der Waals surface area contributed by atoms with E-state index in [0.29, 0.717) is 16.3 Å². The van der Waals surface area contributed by atoms with Crippen molar-refractivity contribution in [2.75, 3.05) is 17.2 Å². The van der Waals surface area contributed by atoms with Crippen LogP contribution in [0, 0.1) is 6.92 Å². The maximum absolute atomic E-state index is 12.2. The highest BCUT2D eigenvalue weighted by Gasteiger charge is 2.10. The lowest BCUT2D eigenvalue weighted by atomic mass is 10.1. The Morgan fingerprint density at radius 1 is 1.12 bits per heavy atom. The van der Waals surface area contributed by atoms with Gasteiger partial charge in [0, 0.05) is 28.0 Å². The number of amides is 2. The molecule has 0 saturated heterocycles. The summed E-state index contributed by atoms with van der Waals surface area (Å²) in [4.78, 5) is 24.3. The third-order valence-corrected chi connectivity index (χ3v) is 4.43. The van der Waals surface area contributed by atoms with Crippen LogP contribution in [-0.4, -0.2) is 24.4 Å². The van der Waals surface area contributed by atoms with E-state index in [4.69, 9.17) is 11.6 Å². The summed E-state index contributed by atoms with van der Waals surface area (Å²) in [5.41, 5.74) is 2.85. The van der Waals surface area contributed by atoms with E-state index in [9.17, 15) is 9.59 Å². The van der Waals surface area contributed by atoms with Gasteiger partial charge in [-0.3, -0.25) is 9.59 Å². The van der Waals surface area contributed by atoms with Gasteiger partial charge in [-0.15, -0.1) is 0 Å². The molecule has 0 aliphatic rings. The van der Waals surface area contributed by atoms with Crippen LogP contribution in [0.1, 0.15) is 36.2 Å². The minimum atomic E-state index is -0.207. The smallest absolute Gasteiger partial charge is 0.251 e. The second-order valence-electron chi connectivity index (χ2n) is 6.23. The summed E-state index contributed by atoms with van der Waals surface area (Å²) in [6.07, 6.45) is 0.858.